The highest BCUT2D eigenvalue weighted by Crippen LogP contribution is 2.40. The maximum atomic E-state index is 13.6. The average Bonchev–Trinajstić information content (AvgIpc) is 3.62. The molecule has 2 N–H and O–H groups in total. The molecule has 0 aliphatic carbocycles. The Morgan fingerprint density at radius 1 is 1.06 bits per heavy atom. The molecule has 2 aliphatic heterocycles. The number of halogens is 1. The Bertz CT molecular complexity index is 1760. The summed E-state index contributed by atoms with van der Waals surface area (Å²) in [5.41, 5.74) is 3.91. The number of anilines is 5. The van der Waals surface area contributed by atoms with Crippen molar-refractivity contribution in [3.05, 3.63) is 103 Å². The van der Waals surface area contributed by atoms with Crippen molar-refractivity contribution in [3.8, 4) is 11.5 Å². The maximum Gasteiger partial charge on any atom is 0.247 e. The summed E-state index contributed by atoms with van der Waals surface area (Å²) in [7, 11) is 1.62. The van der Waals surface area contributed by atoms with Gasteiger partial charge in [-0.25, -0.2) is 19.4 Å². The molecule has 2 aliphatic rings. The summed E-state index contributed by atoms with van der Waals surface area (Å²) < 4.78 is 25.4. The largest absolute Gasteiger partial charge is 0.494 e. The first kappa shape index (κ1) is 33.7. The number of benzene rings is 3. The van der Waals surface area contributed by atoms with Crippen molar-refractivity contribution in [1.82, 2.24) is 14.9 Å². The van der Waals surface area contributed by atoms with Crippen LogP contribution in [0.3, 0.4) is 0 Å². The summed E-state index contributed by atoms with van der Waals surface area (Å²) in [6, 6.07) is 19.7. The van der Waals surface area contributed by atoms with Gasteiger partial charge in [0.25, 0.3) is 0 Å². The quantitative estimate of drug-likeness (QED) is 0.154. The molecule has 12 heteroatoms. The van der Waals surface area contributed by atoms with Gasteiger partial charge in [-0.3, -0.25) is 14.5 Å². The lowest BCUT2D eigenvalue weighted by atomic mass is 10.0. The van der Waals surface area contributed by atoms with E-state index in [1.165, 1.54) is 24.5 Å². The topological polar surface area (TPSA) is 104 Å². The van der Waals surface area contributed by atoms with E-state index in [4.69, 9.17) is 14.3 Å². The minimum atomic E-state index is -0.299. The number of piperazine rings is 1. The molecule has 0 radical (unpaired) electrons. The van der Waals surface area contributed by atoms with E-state index >= 15 is 0 Å². The first-order valence-corrected chi connectivity index (χ1v) is 16.5. The van der Waals surface area contributed by atoms with Crippen LogP contribution in [0.15, 0.2) is 85.7 Å². The van der Waals surface area contributed by atoms with E-state index in [1.54, 1.807) is 18.2 Å². The van der Waals surface area contributed by atoms with Crippen LogP contribution in [-0.4, -0.2) is 67.2 Å². The van der Waals surface area contributed by atoms with E-state index in [1.807, 2.05) is 48.5 Å². The summed E-state index contributed by atoms with van der Waals surface area (Å²) in [6.07, 6.45) is 4.60. The van der Waals surface area contributed by atoms with Crippen LogP contribution in [0.4, 0.5) is 33.1 Å². The third-order valence-electron chi connectivity index (χ3n) is 8.60. The number of aromatic nitrogens is 2. The van der Waals surface area contributed by atoms with Gasteiger partial charge in [-0.15, -0.1) is 0 Å². The Balaban J connectivity index is 1.21. The number of hydrogen-bond acceptors (Lipinski definition) is 10. The van der Waals surface area contributed by atoms with E-state index in [0.29, 0.717) is 41.1 Å². The number of hydrogen-bond donors (Lipinski definition) is 2. The summed E-state index contributed by atoms with van der Waals surface area (Å²) >= 11 is 0. The molecule has 0 unspecified atom stereocenters. The third-order valence-corrected chi connectivity index (χ3v) is 8.60. The molecule has 3 heterocycles. The van der Waals surface area contributed by atoms with E-state index in [0.717, 1.165) is 62.4 Å². The number of hydroxylamine groups is 1. The van der Waals surface area contributed by atoms with Crippen molar-refractivity contribution < 1.29 is 23.5 Å². The predicted octanol–water partition coefficient (Wildman–Crippen LogP) is 6.49. The minimum absolute atomic E-state index is 0.118. The summed E-state index contributed by atoms with van der Waals surface area (Å²) in [4.78, 5) is 32.3. The van der Waals surface area contributed by atoms with Crippen molar-refractivity contribution in [1.29, 1.82) is 0 Å². The monoisotopic (exact) mass is 667 g/mol. The van der Waals surface area contributed by atoms with Crippen molar-refractivity contribution >= 4 is 34.6 Å². The third kappa shape index (κ3) is 8.27. The van der Waals surface area contributed by atoms with Crippen LogP contribution in [0.1, 0.15) is 36.9 Å². The standard InChI is InChI=1S/C37H42FN7O4/c1-4-13-43-14-16-44(17-15-43)33-22-34(47-3)31(21-30(33)42-37(46)5-2)41-35-23-36(40-25-39-35)45-32(12-18-49-45)27-9-7-11-29(20-27)48-24-26-8-6-10-28(38)19-26/h5-11,19-23,25,32H,2,4,12-18,24H2,1,3H3,(H,42,46)(H,39,40,41)/t32-/m1/s1. The van der Waals surface area contributed by atoms with Crippen LogP contribution < -0.4 is 30.1 Å². The Morgan fingerprint density at radius 3 is 2.67 bits per heavy atom. The van der Waals surface area contributed by atoms with Crippen LogP contribution in [0, 0.1) is 5.82 Å². The fourth-order valence-electron chi connectivity index (χ4n) is 6.19. The van der Waals surface area contributed by atoms with Crippen molar-refractivity contribution in [2.75, 3.05) is 67.0 Å². The van der Waals surface area contributed by atoms with Crippen molar-refractivity contribution in [2.24, 2.45) is 0 Å². The van der Waals surface area contributed by atoms with Gasteiger partial charge in [-0.2, -0.15) is 0 Å². The highest BCUT2D eigenvalue weighted by atomic mass is 19.1. The second-order valence-electron chi connectivity index (χ2n) is 11.9. The lowest BCUT2D eigenvalue weighted by Gasteiger charge is -2.37. The lowest BCUT2D eigenvalue weighted by Crippen LogP contribution is -2.46. The number of ether oxygens (including phenoxy) is 2. The zero-order valence-corrected chi connectivity index (χ0v) is 27.9. The fraction of sp³-hybridized carbons (Fsp3) is 0.324. The molecule has 256 valence electrons. The van der Waals surface area contributed by atoms with Gasteiger partial charge in [0.15, 0.2) is 5.82 Å². The molecule has 0 saturated carbocycles. The van der Waals surface area contributed by atoms with Crippen molar-refractivity contribution in [2.45, 2.75) is 32.4 Å². The molecular weight excluding hydrogens is 625 g/mol. The molecule has 2 saturated heterocycles. The molecule has 0 spiro atoms. The Morgan fingerprint density at radius 2 is 1.90 bits per heavy atom. The number of nitrogens with one attached hydrogen (secondary N) is 2. The Kier molecular flexibility index (Phi) is 10.9. The van der Waals surface area contributed by atoms with Gasteiger partial charge in [0.05, 0.1) is 36.8 Å². The number of rotatable bonds is 13. The lowest BCUT2D eigenvalue weighted by molar-refractivity contribution is -0.111. The van der Waals surface area contributed by atoms with Gasteiger partial charge < -0.3 is 25.0 Å². The summed E-state index contributed by atoms with van der Waals surface area (Å²) in [5, 5.41) is 8.13. The molecule has 4 aromatic rings. The zero-order chi connectivity index (χ0) is 34.2. The Labute approximate surface area is 286 Å². The predicted molar refractivity (Wildman–Crippen MR) is 189 cm³/mol. The Hall–Kier alpha value is -5.20. The molecule has 1 aromatic heterocycles. The van der Waals surface area contributed by atoms with Gasteiger partial charge in [-0.05, 0) is 60.5 Å². The highest BCUT2D eigenvalue weighted by molar-refractivity contribution is 6.02. The fourth-order valence-corrected chi connectivity index (χ4v) is 6.19. The van der Waals surface area contributed by atoms with Crippen LogP contribution in [-0.2, 0) is 16.2 Å². The normalized spacial score (nSPS) is 16.3. The van der Waals surface area contributed by atoms with E-state index in [2.05, 4.69) is 43.9 Å². The first-order chi connectivity index (χ1) is 23.9. The number of amides is 1. The van der Waals surface area contributed by atoms with E-state index in [9.17, 15) is 9.18 Å². The van der Waals surface area contributed by atoms with Gasteiger partial charge in [-0.1, -0.05) is 37.8 Å². The molecule has 1 amide bonds. The van der Waals surface area contributed by atoms with Gasteiger partial charge in [0, 0.05) is 44.7 Å². The smallest absolute Gasteiger partial charge is 0.247 e. The molecule has 11 nitrogen and oxygen atoms in total. The SMILES string of the molecule is C=CC(=O)Nc1cc(Nc2cc(N3OCC[C@@H]3c3cccc(OCc4cccc(F)c4)c3)ncn2)c(OC)cc1N1CCN(CCC)CC1. The van der Waals surface area contributed by atoms with Gasteiger partial charge in [0.1, 0.15) is 36.1 Å². The van der Waals surface area contributed by atoms with E-state index in [-0.39, 0.29) is 24.4 Å². The number of methoxy groups -OCH3 is 1. The van der Waals surface area contributed by atoms with Crippen LogP contribution in [0.5, 0.6) is 11.5 Å². The summed E-state index contributed by atoms with van der Waals surface area (Å²) in [6.45, 7) is 11.2. The van der Waals surface area contributed by atoms with E-state index < -0.39 is 0 Å². The van der Waals surface area contributed by atoms with Crippen LogP contribution in [0.25, 0.3) is 0 Å². The second kappa shape index (κ2) is 15.8. The number of carbonyl (C=O) groups excluding carboxylic acids is 1. The van der Waals surface area contributed by atoms with Crippen LogP contribution in [0.2, 0.25) is 0 Å². The second-order valence-corrected chi connectivity index (χ2v) is 11.9. The van der Waals surface area contributed by atoms with Gasteiger partial charge >= 0.3 is 0 Å². The number of carbonyl (C=O) groups is 1. The molecular formula is C37H42FN7O4. The molecule has 2 fully saturated rings. The average molecular weight is 668 g/mol. The van der Waals surface area contributed by atoms with Crippen LogP contribution >= 0.6 is 0 Å². The molecule has 6 rings (SSSR count). The molecule has 3 aromatic carbocycles. The van der Waals surface area contributed by atoms with Gasteiger partial charge in [0.2, 0.25) is 5.91 Å². The van der Waals surface area contributed by atoms with Crippen molar-refractivity contribution in [3.63, 3.8) is 0 Å². The molecule has 0 bridgehead atoms. The maximum absolute atomic E-state index is 13.6. The highest BCUT2D eigenvalue weighted by Gasteiger charge is 2.30. The number of nitrogens with zero attached hydrogens (tertiary/aromatic N) is 5. The summed E-state index contributed by atoms with van der Waals surface area (Å²) in [5.74, 6) is 1.79. The minimum Gasteiger partial charge on any atom is -0.494 e. The molecule has 1 atom stereocenters. The molecule has 49 heavy (non-hydrogen) atoms. The first-order valence-electron chi connectivity index (χ1n) is 16.5. The zero-order valence-electron chi connectivity index (χ0n) is 27.9.